The molecule has 9 heteroatoms. The number of carbonyl (C=O) groups excluding carboxylic acids is 2. The maximum Gasteiger partial charge on any atom is 0.276 e. The number of anilines is 1. The van der Waals surface area contributed by atoms with E-state index in [4.69, 9.17) is 16.4 Å². The van der Waals surface area contributed by atoms with Crippen LogP contribution in [0.25, 0.3) is 0 Å². The van der Waals surface area contributed by atoms with Crippen LogP contribution in [0, 0.1) is 10.1 Å². The molecule has 0 radical (unpaired) electrons. The molecule has 0 aromatic heterocycles. The summed E-state index contributed by atoms with van der Waals surface area (Å²) in [6.07, 6.45) is 0. The highest BCUT2D eigenvalue weighted by Crippen LogP contribution is 2.24. The minimum atomic E-state index is -0.611. The summed E-state index contributed by atoms with van der Waals surface area (Å²) in [5.41, 5.74) is 3.44. The average Bonchev–Trinajstić information content (AvgIpc) is 2.74. The summed E-state index contributed by atoms with van der Waals surface area (Å²) < 4.78 is 0. The van der Waals surface area contributed by atoms with Crippen LogP contribution in [-0.2, 0) is 11.4 Å². The van der Waals surface area contributed by atoms with Crippen LogP contribution in [0.5, 0.6) is 0 Å². The second-order valence-corrected chi connectivity index (χ2v) is 6.53. The van der Waals surface area contributed by atoms with Crippen LogP contribution in [0.15, 0.2) is 72.8 Å². The van der Waals surface area contributed by atoms with Gasteiger partial charge in [-0.05, 0) is 23.8 Å². The maximum absolute atomic E-state index is 12.6. The Morgan fingerprint density at radius 1 is 0.933 bits per heavy atom. The van der Waals surface area contributed by atoms with Crippen molar-refractivity contribution in [2.24, 2.45) is 0 Å². The molecule has 2 N–H and O–H groups in total. The van der Waals surface area contributed by atoms with Crippen LogP contribution in [0.1, 0.15) is 26.3 Å². The Kier molecular flexibility index (Phi) is 6.74. The second-order valence-electron chi connectivity index (χ2n) is 6.13. The number of hydroxylamine groups is 1. The third-order valence-corrected chi connectivity index (χ3v) is 4.39. The van der Waals surface area contributed by atoms with E-state index in [-0.39, 0.29) is 34.1 Å². The van der Waals surface area contributed by atoms with Crippen molar-refractivity contribution in [2.45, 2.75) is 6.61 Å². The van der Waals surface area contributed by atoms with E-state index in [0.717, 1.165) is 11.6 Å². The van der Waals surface area contributed by atoms with Gasteiger partial charge in [-0.2, -0.15) is 0 Å². The lowest BCUT2D eigenvalue weighted by Crippen LogP contribution is -2.25. The van der Waals surface area contributed by atoms with E-state index in [0.29, 0.717) is 0 Å². The van der Waals surface area contributed by atoms with E-state index in [2.05, 4.69) is 10.8 Å². The van der Waals surface area contributed by atoms with Crippen molar-refractivity contribution in [1.82, 2.24) is 5.48 Å². The molecular weight excluding hydrogens is 410 g/mol. The van der Waals surface area contributed by atoms with Crippen molar-refractivity contribution in [2.75, 3.05) is 5.32 Å². The number of rotatable bonds is 7. The predicted octanol–water partition coefficient (Wildman–Crippen LogP) is 4.36. The van der Waals surface area contributed by atoms with Crippen molar-refractivity contribution in [3.05, 3.63) is 105 Å². The summed E-state index contributed by atoms with van der Waals surface area (Å²) in [5.74, 6) is -1.16. The third-order valence-electron chi connectivity index (χ3n) is 4.07. The lowest BCUT2D eigenvalue weighted by atomic mass is 10.1. The lowest BCUT2D eigenvalue weighted by Gasteiger charge is -2.12. The van der Waals surface area contributed by atoms with Gasteiger partial charge in [-0.25, -0.2) is 5.48 Å². The molecule has 3 aromatic rings. The van der Waals surface area contributed by atoms with Gasteiger partial charge in [0.05, 0.1) is 33.4 Å². The number of non-ortho nitro benzene ring substituents is 1. The molecule has 152 valence electrons. The van der Waals surface area contributed by atoms with E-state index in [1.807, 2.05) is 30.3 Å². The van der Waals surface area contributed by atoms with Crippen LogP contribution in [0.3, 0.4) is 0 Å². The standard InChI is InChI=1S/C21H16ClN3O5/c22-18-12-15(25(28)29)10-11-16(18)20(26)23-19-9-5-4-8-17(19)21(27)24-30-13-14-6-2-1-3-7-14/h1-12H,13H2,(H,23,26)(H,24,27). The zero-order valence-corrected chi connectivity index (χ0v) is 16.3. The molecule has 0 unspecified atom stereocenters. The highest BCUT2D eigenvalue weighted by Gasteiger charge is 2.18. The highest BCUT2D eigenvalue weighted by molar-refractivity contribution is 6.34. The van der Waals surface area contributed by atoms with Gasteiger partial charge in [-0.15, -0.1) is 0 Å². The number of nitrogens with one attached hydrogen (secondary N) is 2. The van der Waals surface area contributed by atoms with E-state index in [1.54, 1.807) is 18.2 Å². The van der Waals surface area contributed by atoms with Gasteiger partial charge in [0.2, 0.25) is 0 Å². The summed E-state index contributed by atoms with van der Waals surface area (Å²) in [6.45, 7) is 0.180. The summed E-state index contributed by atoms with van der Waals surface area (Å²) in [6, 6.07) is 19.2. The molecule has 0 fully saturated rings. The molecule has 3 rings (SSSR count). The molecule has 0 saturated heterocycles. The van der Waals surface area contributed by atoms with Gasteiger partial charge in [0, 0.05) is 12.1 Å². The Morgan fingerprint density at radius 3 is 2.33 bits per heavy atom. The monoisotopic (exact) mass is 425 g/mol. The Hall–Kier alpha value is -3.75. The summed E-state index contributed by atoms with van der Waals surface area (Å²) in [7, 11) is 0. The second kappa shape index (κ2) is 9.64. The minimum absolute atomic E-state index is 0.0396. The van der Waals surface area contributed by atoms with Gasteiger partial charge in [0.25, 0.3) is 17.5 Å². The molecule has 0 aliphatic carbocycles. The first-order valence-electron chi connectivity index (χ1n) is 8.76. The molecule has 8 nitrogen and oxygen atoms in total. The Labute approximate surface area is 176 Å². The van der Waals surface area contributed by atoms with Crippen molar-refractivity contribution in [1.29, 1.82) is 0 Å². The van der Waals surface area contributed by atoms with E-state index in [9.17, 15) is 19.7 Å². The molecular formula is C21H16ClN3O5. The van der Waals surface area contributed by atoms with Crippen molar-refractivity contribution >= 4 is 34.8 Å². The quantitative estimate of drug-likeness (QED) is 0.431. The van der Waals surface area contributed by atoms with E-state index < -0.39 is 16.7 Å². The topological polar surface area (TPSA) is 111 Å². The predicted molar refractivity (Wildman–Crippen MR) is 111 cm³/mol. The van der Waals surface area contributed by atoms with Crippen molar-refractivity contribution in [3.63, 3.8) is 0 Å². The van der Waals surface area contributed by atoms with Crippen LogP contribution < -0.4 is 10.8 Å². The first kappa shape index (κ1) is 21.0. The SMILES string of the molecule is O=C(Nc1ccccc1C(=O)NOCc1ccccc1)c1ccc([N+](=O)[O-])cc1Cl. The van der Waals surface area contributed by atoms with Gasteiger partial charge >= 0.3 is 0 Å². The number of amides is 2. The number of para-hydroxylation sites is 1. The van der Waals surface area contributed by atoms with Crippen LogP contribution in [0.2, 0.25) is 5.02 Å². The first-order chi connectivity index (χ1) is 14.5. The van der Waals surface area contributed by atoms with Gasteiger partial charge in [-0.1, -0.05) is 54.1 Å². The normalized spacial score (nSPS) is 10.3. The zero-order valence-electron chi connectivity index (χ0n) is 15.5. The van der Waals surface area contributed by atoms with Gasteiger partial charge in [0.15, 0.2) is 0 Å². The molecule has 2 amide bonds. The minimum Gasteiger partial charge on any atom is -0.321 e. The fourth-order valence-corrected chi connectivity index (χ4v) is 2.86. The number of carbonyl (C=O) groups is 2. The number of benzene rings is 3. The molecule has 0 aliphatic heterocycles. The fourth-order valence-electron chi connectivity index (χ4n) is 2.60. The van der Waals surface area contributed by atoms with Gasteiger partial charge < -0.3 is 5.32 Å². The first-order valence-corrected chi connectivity index (χ1v) is 9.14. The molecule has 0 aliphatic rings. The number of hydrogen-bond donors (Lipinski definition) is 2. The summed E-state index contributed by atoms with van der Waals surface area (Å²) >= 11 is 6.00. The van der Waals surface area contributed by atoms with Gasteiger partial charge in [0.1, 0.15) is 0 Å². The molecule has 0 saturated carbocycles. The van der Waals surface area contributed by atoms with Crippen LogP contribution >= 0.6 is 11.6 Å². The average molecular weight is 426 g/mol. The summed E-state index contributed by atoms with van der Waals surface area (Å²) in [5, 5.41) is 13.3. The lowest BCUT2D eigenvalue weighted by molar-refractivity contribution is -0.384. The fraction of sp³-hybridized carbons (Fsp3) is 0.0476. The van der Waals surface area contributed by atoms with Gasteiger partial charge in [-0.3, -0.25) is 24.5 Å². The number of nitro benzene ring substituents is 1. The largest absolute Gasteiger partial charge is 0.321 e. The van der Waals surface area contributed by atoms with Crippen molar-refractivity contribution in [3.8, 4) is 0 Å². The molecule has 0 atom stereocenters. The van der Waals surface area contributed by atoms with Crippen molar-refractivity contribution < 1.29 is 19.3 Å². The number of nitrogens with zero attached hydrogens (tertiary/aromatic N) is 1. The molecule has 3 aromatic carbocycles. The van der Waals surface area contributed by atoms with Crippen LogP contribution in [0.4, 0.5) is 11.4 Å². The molecule has 0 heterocycles. The molecule has 30 heavy (non-hydrogen) atoms. The Morgan fingerprint density at radius 2 is 1.63 bits per heavy atom. The van der Waals surface area contributed by atoms with E-state index in [1.165, 1.54) is 18.2 Å². The summed E-state index contributed by atoms with van der Waals surface area (Å²) in [4.78, 5) is 40.5. The maximum atomic E-state index is 12.6. The number of nitro groups is 1. The highest BCUT2D eigenvalue weighted by atomic mass is 35.5. The third kappa shape index (κ3) is 5.19. The Bertz CT molecular complexity index is 1090. The van der Waals surface area contributed by atoms with Crippen LogP contribution in [-0.4, -0.2) is 16.7 Å². The number of hydrogen-bond acceptors (Lipinski definition) is 5. The smallest absolute Gasteiger partial charge is 0.276 e. The molecule has 0 bridgehead atoms. The zero-order chi connectivity index (χ0) is 21.5. The number of halogens is 1. The molecule has 0 spiro atoms. The Balaban J connectivity index is 1.69. The van der Waals surface area contributed by atoms with E-state index >= 15 is 0 Å².